The molecule has 2 heterocycles. The standard InChI is InChI=1S/C16H18N6O2/c1-17-16(24)18-8-13-10-22(20-19-13)9-12-7-11-5-3-4-6-14(11)21(2)15(12)23/h3-7,10H,8-9H2,1-2H3,(H2,17,18,24). The van der Waals surface area contributed by atoms with Crippen LogP contribution >= 0.6 is 0 Å². The number of aryl methyl sites for hydroxylation is 1. The monoisotopic (exact) mass is 326 g/mol. The van der Waals surface area contributed by atoms with E-state index < -0.39 is 0 Å². The van der Waals surface area contributed by atoms with Crippen molar-refractivity contribution in [2.75, 3.05) is 7.05 Å². The molecule has 8 nitrogen and oxygen atoms in total. The van der Waals surface area contributed by atoms with E-state index >= 15 is 0 Å². The lowest BCUT2D eigenvalue weighted by Crippen LogP contribution is -2.32. The highest BCUT2D eigenvalue weighted by Gasteiger charge is 2.09. The Morgan fingerprint density at radius 2 is 2.08 bits per heavy atom. The first-order valence-corrected chi connectivity index (χ1v) is 7.50. The fourth-order valence-electron chi connectivity index (χ4n) is 2.53. The molecule has 124 valence electrons. The average Bonchev–Trinajstić information content (AvgIpc) is 3.05. The predicted octanol–water partition coefficient (Wildman–Crippen LogP) is 0.607. The van der Waals surface area contributed by atoms with Gasteiger partial charge in [-0.05, 0) is 17.5 Å². The second-order valence-electron chi connectivity index (χ2n) is 5.43. The fraction of sp³-hybridized carbons (Fsp3) is 0.250. The molecule has 0 radical (unpaired) electrons. The zero-order valence-electron chi connectivity index (χ0n) is 13.5. The minimum Gasteiger partial charge on any atom is -0.341 e. The van der Waals surface area contributed by atoms with Crippen LogP contribution in [0.5, 0.6) is 0 Å². The first-order valence-electron chi connectivity index (χ1n) is 7.50. The largest absolute Gasteiger partial charge is 0.341 e. The zero-order valence-corrected chi connectivity index (χ0v) is 13.5. The van der Waals surface area contributed by atoms with Gasteiger partial charge in [0.25, 0.3) is 5.56 Å². The molecule has 0 atom stereocenters. The van der Waals surface area contributed by atoms with Gasteiger partial charge in [0.15, 0.2) is 0 Å². The Bertz CT molecular complexity index is 943. The molecule has 0 aliphatic rings. The van der Waals surface area contributed by atoms with Crippen LogP contribution in [0.3, 0.4) is 0 Å². The minimum absolute atomic E-state index is 0.0609. The SMILES string of the molecule is CNC(=O)NCc1cn(Cc2cc3ccccc3n(C)c2=O)nn1. The topological polar surface area (TPSA) is 93.8 Å². The number of carbonyl (C=O) groups excluding carboxylic acids is 1. The van der Waals surface area contributed by atoms with Crippen molar-refractivity contribution in [1.29, 1.82) is 0 Å². The third-order valence-electron chi connectivity index (χ3n) is 3.78. The maximum absolute atomic E-state index is 12.5. The average molecular weight is 326 g/mol. The van der Waals surface area contributed by atoms with Crippen LogP contribution in [0, 0.1) is 0 Å². The van der Waals surface area contributed by atoms with E-state index in [-0.39, 0.29) is 18.1 Å². The number of benzene rings is 1. The van der Waals surface area contributed by atoms with E-state index in [2.05, 4.69) is 20.9 Å². The first-order chi connectivity index (χ1) is 11.6. The zero-order chi connectivity index (χ0) is 17.1. The lowest BCUT2D eigenvalue weighted by molar-refractivity contribution is 0.242. The van der Waals surface area contributed by atoms with Crippen LogP contribution in [-0.4, -0.2) is 32.6 Å². The van der Waals surface area contributed by atoms with E-state index in [0.29, 0.717) is 17.8 Å². The van der Waals surface area contributed by atoms with E-state index in [1.165, 1.54) is 0 Å². The number of para-hydroxylation sites is 1. The van der Waals surface area contributed by atoms with Gasteiger partial charge < -0.3 is 15.2 Å². The predicted molar refractivity (Wildman–Crippen MR) is 89.6 cm³/mol. The highest BCUT2D eigenvalue weighted by atomic mass is 16.2. The number of fused-ring (bicyclic) bond motifs is 1. The van der Waals surface area contributed by atoms with Gasteiger partial charge in [-0.2, -0.15) is 0 Å². The van der Waals surface area contributed by atoms with Gasteiger partial charge in [-0.3, -0.25) is 4.79 Å². The molecule has 2 aromatic heterocycles. The van der Waals surface area contributed by atoms with Crippen LogP contribution in [0.1, 0.15) is 11.3 Å². The molecule has 2 N–H and O–H groups in total. The third-order valence-corrected chi connectivity index (χ3v) is 3.78. The highest BCUT2D eigenvalue weighted by Crippen LogP contribution is 2.12. The smallest absolute Gasteiger partial charge is 0.314 e. The fourth-order valence-corrected chi connectivity index (χ4v) is 2.53. The number of aromatic nitrogens is 4. The number of pyridine rings is 1. The van der Waals surface area contributed by atoms with Crippen LogP contribution in [0.15, 0.2) is 41.3 Å². The lowest BCUT2D eigenvalue weighted by Gasteiger charge is -2.08. The van der Waals surface area contributed by atoms with Gasteiger partial charge in [-0.15, -0.1) is 5.10 Å². The summed E-state index contributed by atoms with van der Waals surface area (Å²) < 4.78 is 3.22. The lowest BCUT2D eigenvalue weighted by atomic mass is 10.1. The molecule has 0 aliphatic carbocycles. The molecular formula is C16H18N6O2. The Balaban J connectivity index is 1.83. The number of nitrogens with one attached hydrogen (secondary N) is 2. The molecule has 24 heavy (non-hydrogen) atoms. The number of hydrogen-bond acceptors (Lipinski definition) is 4. The Hall–Kier alpha value is -3.16. The second-order valence-corrected chi connectivity index (χ2v) is 5.43. The van der Waals surface area contributed by atoms with Crippen molar-refractivity contribution in [1.82, 2.24) is 30.2 Å². The number of rotatable bonds is 4. The Morgan fingerprint density at radius 1 is 1.29 bits per heavy atom. The molecular weight excluding hydrogens is 308 g/mol. The van der Waals surface area contributed by atoms with Crippen LogP contribution in [0.4, 0.5) is 4.79 Å². The molecule has 0 aliphatic heterocycles. The maximum Gasteiger partial charge on any atom is 0.314 e. The van der Waals surface area contributed by atoms with Crippen molar-refractivity contribution in [3.8, 4) is 0 Å². The summed E-state index contributed by atoms with van der Waals surface area (Å²) >= 11 is 0. The van der Waals surface area contributed by atoms with Crippen molar-refractivity contribution < 1.29 is 4.79 Å². The summed E-state index contributed by atoms with van der Waals surface area (Å²) in [5.74, 6) is 0. The molecule has 0 saturated carbocycles. The van der Waals surface area contributed by atoms with Gasteiger partial charge in [0.1, 0.15) is 5.69 Å². The number of amides is 2. The van der Waals surface area contributed by atoms with Crippen molar-refractivity contribution in [2.24, 2.45) is 7.05 Å². The van der Waals surface area contributed by atoms with Crippen molar-refractivity contribution in [2.45, 2.75) is 13.1 Å². The quantitative estimate of drug-likeness (QED) is 0.734. The van der Waals surface area contributed by atoms with Crippen LogP contribution < -0.4 is 16.2 Å². The number of hydrogen-bond donors (Lipinski definition) is 2. The molecule has 2 amide bonds. The molecule has 0 saturated heterocycles. The summed E-state index contributed by atoms with van der Waals surface area (Å²) in [5.41, 5.74) is 2.08. The van der Waals surface area contributed by atoms with E-state index in [9.17, 15) is 9.59 Å². The van der Waals surface area contributed by atoms with Gasteiger partial charge in [-0.25, -0.2) is 9.48 Å². The van der Waals surface area contributed by atoms with E-state index in [0.717, 1.165) is 10.9 Å². The normalized spacial score (nSPS) is 10.8. The minimum atomic E-state index is -0.284. The van der Waals surface area contributed by atoms with E-state index in [1.54, 1.807) is 29.5 Å². The van der Waals surface area contributed by atoms with Gasteiger partial charge in [-0.1, -0.05) is 23.4 Å². The molecule has 8 heteroatoms. The number of urea groups is 1. The van der Waals surface area contributed by atoms with Crippen LogP contribution in [0.2, 0.25) is 0 Å². The first kappa shape index (κ1) is 15.7. The van der Waals surface area contributed by atoms with Crippen LogP contribution in [0.25, 0.3) is 10.9 Å². The third kappa shape index (κ3) is 3.12. The highest BCUT2D eigenvalue weighted by molar-refractivity contribution is 5.79. The molecule has 0 fully saturated rings. The summed E-state index contributed by atoms with van der Waals surface area (Å²) in [7, 11) is 3.30. The summed E-state index contributed by atoms with van der Waals surface area (Å²) in [5, 5.41) is 14.1. The molecule has 0 spiro atoms. The summed E-state index contributed by atoms with van der Waals surface area (Å²) in [6.45, 7) is 0.597. The summed E-state index contributed by atoms with van der Waals surface area (Å²) in [6, 6.07) is 9.32. The summed E-state index contributed by atoms with van der Waals surface area (Å²) in [6.07, 6.45) is 1.71. The van der Waals surface area contributed by atoms with Gasteiger partial charge in [0, 0.05) is 19.7 Å². The number of carbonyl (C=O) groups is 1. The molecule has 3 rings (SSSR count). The van der Waals surface area contributed by atoms with Gasteiger partial charge in [0.2, 0.25) is 0 Å². The van der Waals surface area contributed by atoms with Crippen molar-refractivity contribution >= 4 is 16.9 Å². The van der Waals surface area contributed by atoms with Crippen molar-refractivity contribution in [3.05, 3.63) is 58.1 Å². The second kappa shape index (κ2) is 6.53. The Labute approximate surface area is 138 Å². The van der Waals surface area contributed by atoms with Gasteiger partial charge in [0.05, 0.1) is 24.8 Å². The van der Waals surface area contributed by atoms with E-state index in [1.807, 2.05) is 30.3 Å². The van der Waals surface area contributed by atoms with Gasteiger partial charge >= 0.3 is 6.03 Å². The summed E-state index contributed by atoms with van der Waals surface area (Å²) in [4.78, 5) is 23.7. The molecule has 0 unspecified atom stereocenters. The van der Waals surface area contributed by atoms with E-state index in [4.69, 9.17) is 0 Å². The Kier molecular flexibility index (Phi) is 4.28. The Morgan fingerprint density at radius 3 is 2.88 bits per heavy atom. The molecule has 1 aromatic carbocycles. The van der Waals surface area contributed by atoms with Crippen molar-refractivity contribution in [3.63, 3.8) is 0 Å². The number of nitrogens with zero attached hydrogens (tertiary/aromatic N) is 4. The van der Waals surface area contributed by atoms with Crippen LogP contribution in [-0.2, 0) is 20.1 Å². The molecule has 3 aromatic rings. The maximum atomic E-state index is 12.5. The molecule has 0 bridgehead atoms.